The Labute approximate surface area is 107 Å². The number of nitrogens with zero attached hydrogens (tertiary/aromatic N) is 2. The van der Waals surface area contributed by atoms with E-state index in [1.165, 1.54) is 0 Å². The van der Waals surface area contributed by atoms with Crippen molar-refractivity contribution in [2.75, 3.05) is 0 Å². The Morgan fingerprint density at radius 2 is 2.29 bits per heavy atom. The predicted molar refractivity (Wildman–Crippen MR) is 69.1 cm³/mol. The van der Waals surface area contributed by atoms with Crippen molar-refractivity contribution < 1.29 is 9.90 Å². The summed E-state index contributed by atoms with van der Waals surface area (Å²) in [6.45, 7) is 2.02. The highest BCUT2D eigenvalue weighted by Crippen LogP contribution is 2.24. The lowest BCUT2D eigenvalue weighted by Crippen LogP contribution is -2.11. The summed E-state index contributed by atoms with van der Waals surface area (Å²) in [5.74, 6) is -0.0153. The van der Waals surface area contributed by atoms with Gasteiger partial charge in [0, 0.05) is 10.9 Å². The van der Waals surface area contributed by atoms with E-state index in [1.54, 1.807) is 4.57 Å². The van der Waals surface area contributed by atoms with Gasteiger partial charge in [-0.15, -0.1) is 0 Å². The van der Waals surface area contributed by atoms with E-state index in [-0.39, 0.29) is 6.54 Å². The van der Waals surface area contributed by atoms with E-state index in [0.29, 0.717) is 0 Å². The van der Waals surface area contributed by atoms with Gasteiger partial charge in [-0.2, -0.15) is 0 Å². The minimum atomic E-state index is -0.846. The second kappa shape index (κ2) is 4.87. The fraction of sp³-hybridized carbons (Fsp3) is 0.333. The Morgan fingerprint density at radius 1 is 1.53 bits per heavy atom. The maximum atomic E-state index is 10.9. The summed E-state index contributed by atoms with van der Waals surface area (Å²) in [4.78, 5) is 15.4. The number of hydrogen-bond acceptors (Lipinski definition) is 2. The first-order valence-corrected chi connectivity index (χ1v) is 6.28. The summed E-state index contributed by atoms with van der Waals surface area (Å²) in [5, 5.41) is 8.95. The monoisotopic (exact) mass is 296 g/mol. The van der Waals surface area contributed by atoms with Crippen molar-refractivity contribution in [2.45, 2.75) is 26.3 Å². The number of benzene rings is 1. The van der Waals surface area contributed by atoms with Crippen LogP contribution in [-0.4, -0.2) is 20.6 Å². The van der Waals surface area contributed by atoms with E-state index in [1.807, 2.05) is 18.2 Å². The summed E-state index contributed by atoms with van der Waals surface area (Å²) < 4.78 is 2.67. The smallest absolute Gasteiger partial charge is 0.323 e. The minimum Gasteiger partial charge on any atom is -0.480 e. The fourth-order valence-corrected chi connectivity index (χ4v) is 2.33. The van der Waals surface area contributed by atoms with Crippen LogP contribution in [0, 0.1) is 0 Å². The number of para-hydroxylation sites is 1. The lowest BCUT2D eigenvalue weighted by atomic mass is 10.3. The number of aromatic nitrogens is 2. The van der Waals surface area contributed by atoms with E-state index in [2.05, 4.69) is 27.8 Å². The molecule has 0 amide bonds. The van der Waals surface area contributed by atoms with E-state index in [9.17, 15) is 4.79 Å². The van der Waals surface area contributed by atoms with Crippen LogP contribution in [0.3, 0.4) is 0 Å². The number of hydrogen-bond donors (Lipinski definition) is 1. The summed E-state index contributed by atoms with van der Waals surface area (Å²) in [7, 11) is 0. The predicted octanol–water partition coefficient (Wildman–Crippen LogP) is 2.84. The topological polar surface area (TPSA) is 55.1 Å². The fourth-order valence-electron chi connectivity index (χ4n) is 1.89. The van der Waals surface area contributed by atoms with Gasteiger partial charge in [-0.3, -0.25) is 4.79 Å². The Hall–Kier alpha value is -1.36. The molecule has 0 aliphatic carbocycles. The molecule has 5 heteroatoms. The van der Waals surface area contributed by atoms with Crippen molar-refractivity contribution in [2.24, 2.45) is 0 Å². The normalized spacial score (nSPS) is 10.9. The van der Waals surface area contributed by atoms with Crippen molar-refractivity contribution in [3.05, 3.63) is 28.5 Å². The van der Waals surface area contributed by atoms with Crippen molar-refractivity contribution >= 4 is 32.9 Å². The highest BCUT2D eigenvalue weighted by molar-refractivity contribution is 9.10. The average molecular weight is 297 g/mol. The van der Waals surface area contributed by atoms with Crippen LogP contribution < -0.4 is 0 Å². The first-order valence-electron chi connectivity index (χ1n) is 5.49. The third-order valence-corrected chi connectivity index (χ3v) is 3.22. The zero-order valence-corrected chi connectivity index (χ0v) is 11.1. The molecule has 90 valence electrons. The molecule has 0 saturated heterocycles. The summed E-state index contributed by atoms with van der Waals surface area (Å²) in [6.07, 6.45) is 1.73. The highest BCUT2D eigenvalue weighted by atomic mass is 79.9. The second-order valence-corrected chi connectivity index (χ2v) is 4.72. The molecule has 17 heavy (non-hydrogen) atoms. The van der Waals surface area contributed by atoms with Crippen LogP contribution in [0.2, 0.25) is 0 Å². The molecule has 0 saturated carbocycles. The van der Waals surface area contributed by atoms with Gasteiger partial charge in [-0.25, -0.2) is 4.98 Å². The largest absolute Gasteiger partial charge is 0.480 e. The first kappa shape index (κ1) is 12.1. The van der Waals surface area contributed by atoms with Crippen LogP contribution in [-0.2, 0) is 17.8 Å². The molecule has 1 heterocycles. The van der Waals surface area contributed by atoms with Crippen LogP contribution >= 0.6 is 15.9 Å². The molecule has 2 aromatic rings. The molecule has 0 aliphatic rings. The lowest BCUT2D eigenvalue weighted by molar-refractivity contribution is -0.137. The molecule has 0 fully saturated rings. The number of carboxylic acids is 1. The van der Waals surface area contributed by atoms with Crippen molar-refractivity contribution in [1.82, 2.24) is 9.55 Å². The molecule has 0 atom stereocenters. The van der Waals surface area contributed by atoms with Gasteiger partial charge in [0.05, 0.1) is 5.52 Å². The van der Waals surface area contributed by atoms with Crippen LogP contribution in [0.15, 0.2) is 22.7 Å². The molecule has 0 aliphatic heterocycles. The maximum absolute atomic E-state index is 10.9. The highest BCUT2D eigenvalue weighted by Gasteiger charge is 2.13. The summed E-state index contributed by atoms with van der Waals surface area (Å²) in [5.41, 5.74) is 1.70. The standard InChI is InChI=1S/C12H13BrN2O2/c1-2-4-10-14-12-8(13)5-3-6-9(12)15(10)7-11(16)17/h3,5-6H,2,4,7H2,1H3,(H,16,17). The van der Waals surface area contributed by atoms with Crippen molar-refractivity contribution in [3.63, 3.8) is 0 Å². The van der Waals surface area contributed by atoms with E-state index >= 15 is 0 Å². The summed E-state index contributed by atoms with van der Waals surface area (Å²) in [6, 6.07) is 5.70. The molecule has 0 radical (unpaired) electrons. The van der Waals surface area contributed by atoms with Crippen LogP contribution in [0.4, 0.5) is 0 Å². The van der Waals surface area contributed by atoms with Crippen LogP contribution in [0.5, 0.6) is 0 Å². The number of fused-ring (bicyclic) bond motifs is 1. The molecular formula is C12H13BrN2O2. The molecular weight excluding hydrogens is 284 g/mol. The maximum Gasteiger partial charge on any atom is 0.323 e. The number of halogens is 1. The number of aryl methyl sites for hydroxylation is 1. The average Bonchev–Trinajstić information content (AvgIpc) is 2.59. The third kappa shape index (κ3) is 2.34. The Kier molecular flexibility index (Phi) is 3.47. The molecule has 1 N–H and O–H groups in total. The van der Waals surface area contributed by atoms with Gasteiger partial charge in [0.25, 0.3) is 0 Å². The number of rotatable bonds is 4. The molecule has 0 bridgehead atoms. The Bertz CT molecular complexity index is 563. The molecule has 0 spiro atoms. The van der Waals surface area contributed by atoms with E-state index in [4.69, 9.17) is 5.11 Å². The van der Waals surface area contributed by atoms with Crippen LogP contribution in [0.25, 0.3) is 11.0 Å². The quantitative estimate of drug-likeness (QED) is 0.944. The van der Waals surface area contributed by atoms with Crippen molar-refractivity contribution in [1.29, 1.82) is 0 Å². The number of carbonyl (C=O) groups is 1. The zero-order chi connectivity index (χ0) is 12.4. The number of imidazole rings is 1. The third-order valence-electron chi connectivity index (χ3n) is 2.58. The van der Waals surface area contributed by atoms with Gasteiger partial charge in [-0.05, 0) is 34.5 Å². The number of aliphatic carboxylic acids is 1. The van der Waals surface area contributed by atoms with Gasteiger partial charge < -0.3 is 9.67 Å². The van der Waals surface area contributed by atoms with Crippen LogP contribution in [0.1, 0.15) is 19.2 Å². The Balaban J connectivity index is 2.62. The lowest BCUT2D eigenvalue weighted by Gasteiger charge is -2.04. The molecule has 1 aromatic carbocycles. The molecule has 0 unspecified atom stereocenters. The van der Waals surface area contributed by atoms with E-state index in [0.717, 1.165) is 34.2 Å². The second-order valence-electron chi connectivity index (χ2n) is 3.87. The molecule has 2 rings (SSSR count). The zero-order valence-electron chi connectivity index (χ0n) is 9.48. The van der Waals surface area contributed by atoms with E-state index < -0.39 is 5.97 Å². The summed E-state index contributed by atoms with van der Waals surface area (Å²) >= 11 is 3.44. The number of carboxylic acid groups (broad SMARTS) is 1. The van der Waals surface area contributed by atoms with Gasteiger partial charge in [-0.1, -0.05) is 13.0 Å². The SMILES string of the molecule is CCCc1nc2c(Br)cccc2n1CC(=O)O. The molecule has 4 nitrogen and oxygen atoms in total. The first-order chi connectivity index (χ1) is 8.13. The molecule has 1 aromatic heterocycles. The van der Waals surface area contributed by atoms with Gasteiger partial charge in [0.2, 0.25) is 0 Å². The van der Waals surface area contributed by atoms with Gasteiger partial charge in [0.15, 0.2) is 0 Å². The van der Waals surface area contributed by atoms with Crippen molar-refractivity contribution in [3.8, 4) is 0 Å². The van der Waals surface area contributed by atoms with Gasteiger partial charge in [0.1, 0.15) is 17.9 Å². The minimum absolute atomic E-state index is 0.0394. The van der Waals surface area contributed by atoms with Gasteiger partial charge >= 0.3 is 5.97 Å². The Morgan fingerprint density at radius 3 is 2.94 bits per heavy atom.